The second-order valence-corrected chi connectivity index (χ2v) is 3.87. The molecule has 3 nitrogen and oxygen atoms in total. The largest absolute Gasteiger partial charge is 0.437 e. The Bertz CT molecular complexity index is 456. The summed E-state index contributed by atoms with van der Waals surface area (Å²) in [6.07, 6.45) is 1.64. The van der Waals surface area contributed by atoms with Crippen LogP contribution in [0.2, 0.25) is 0 Å². The number of ether oxygens (including phenoxy) is 1. The second-order valence-electron chi connectivity index (χ2n) is 2.95. The number of nitrogens with two attached hydrogens (primary N) is 1. The summed E-state index contributed by atoms with van der Waals surface area (Å²) in [5.74, 6) is 1.14. The predicted molar refractivity (Wildman–Crippen MR) is 62.9 cm³/mol. The summed E-state index contributed by atoms with van der Waals surface area (Å²) >= 11 is 3.35. The van der Waals surface area contributed by atoms with E-state index in [1.54, 1.807) is 18.3 Å². The van der Waals surface area contributed by atoms with Crippen LogP contribution >= 0.6 is 15.9 Å². The summed E-state index contributed by atoms with van der Waals surface area (Å²) in [4.78, 5) is 4.04. The van der Waals surface area contributed by atoms with Crippen molar-refractivity contribution in [2.45, 2.75) is 0 Å². The molecule has 0 fully saturated rings. The van der Waals surface area contributed by atoms with Gasteiger partial charge in [-0.25, -0.2) is 4.98 Å². The third-order valence-corrected chi connectivity index (χ3v) is 2.36. The molecule has 0 spiro atoms. The summed E-state index contributed by atoms with van der Waals surface area (Å²) < 4.78 is 6.51. The number of hydrogen-bond acceptors (Lipinski definition) is 3. The average molecular weight is 265 g/mol. The Morgan fingerprint density at radius 2 is 1.87 bits per heavy atom. The van der Waals surface area contributed by atoms with E-state index in [-0.39, 0.29) is 0 Å². The maximum atomic E-state index is 5.70. The van der Waals surface area contributed by atoms with Gasteiger partial charge in [0.05, 0.1) is 5.69 Å². The number of benzene rings is 1. The van der Waals surface area contributed by atoms with Crippen molar-refractivity contribution in [3.05, 3.63) is 47.1 Å². The van der Waals surface area contributed by atoms with Gasteiger partial charge in [-0.05, 0) is 36.4 Å². The van der Waals surface area contributed by atoms with Crippen molar-refractivity contribution in [1.29, 1.82) is 0 Å². The molecule has 0 aliphatic carbocycles. The molecule has 0 amide bonds. The Morgan fingerprint density at radius 1 is 1.13 bits per heavy atom. The topological polar surface area (TPSA) is 48.1 Å². The summed E-state index contributed by atoms with van der Waals surface area (Å²) in [7, 11) is 0. The van der Waals surface area contributed by atoms with Crippen LogP contribution in [-0.4, -0.2) is 4.98 Å². The lowest BCUT2D eigenvalue weighted by atomic mass is 10.3. The van der Waals surface area contributed by atoms with Gasteiger partial charge >= 0.3 is 0 Å². The van der Waals surface area contributed by atoms with Gasteiger partial charge in [0, 0.05) is 10.7 Å². The molecule has 0 atom stereocenters. The average Bonchev–Trinajstić information content (AvgIpc) is 2.25. The molecule has 0 saturated heterocycles. The van der Waals surface area contributed by atoms with Crippen molar-refractivity contribution in [2.24, 2.45) is 0 Å². The number of nitrogens with zero attached hydrogens (tertiary/aromatic N) is 1. The van der Waals surface area contributed by atoms with Crippen LogP contribution in [0.3, 0.4) is 0 Å². The minimum atomic E-state index is 0.430. The summed E-state index contributed by atoms with van der Waals surface area (Å²) in [5, 5.41) is 0. The third kappa shape index (κ3) is 2.47. The molecule has 0 bridgehead atoms. The van der Waals surface area contributed by atoms with Crippen molar-refractivity contribution < 1.29 is 4.74 Å². The van der Waals surface area contributed by atoms with Gasteiger partial charge in [-0.1, -0.05) is 15.9 Å². The van der Waals surface area contributed by atoms with Crippen LogP contribution < -0.4 is 10.5 Å². The number of pyridine rings is 1. The number of rotatable bonds is 2. The van der Waals surface area contributed by atoms with Gasteiger partial charge in [-0.3, -0.25) is 0 Å². The Balaban J connectivity index is 2.22. The van der Waals surface area contributed by atoms with E-state index in [2.05, 4.69) is 20.9 Å². The van der Waals surface area contributed by atoms with Crippen molar-refractivity contribution in [3.8, 4) is 11.6 Å². The van der Waals surface area contributed by atoms with Crippen LogP contribution in [0.5, 0.6) is 11.6 Å². The van der Waals surface area contributed by atoms with Gasteiger partial charge in [0.25, 0.3) is 0 Å². The Morgan fingerprint density at radius 3 is 2.53 bits per heavy atom. The van der Waals surface area contributed by atoms with Gasteiger partial charge in [0.15, 0.2) is 0 Å². The quantitative estimate of drug-likeness (QED) is 0.906. The van der Waals surface area contributed by atoms with E-state index in [0.29, 0.717) is 17.3 Å². The highest BCUT2D eigenvalue weighted by Gasteiger charge is 2.01. The van der Waals surface area contributed by atoms with E-state index >= 15 is 0 Å². The number of aromatic nitrogens is 1. The SMILES string of the molecule is Nc1cccnc1Oc1ccc(Br)cc1. The minimum absolute atomic E-state index is 0.430. The van der Waals surface area contributed by atoms with E-state index in [9.17, 15) is 0 Å². The number of nitrogen functional groups attached to an aromatic ring is 1. The number of hydrogen-bond donors (Lipinski definition) is 1. The fraction of sp³-hybridized carbons (Fsp3) is 0. The maximum absolute atomic E-state index is 5.70. The smallest absolute Gasteiger partial charge is 0.242 e. The Hall–Kier alpha value is -1.55. The van der Waals surface area contributed by atoms with Crippen LogP contribution in [0.25, 0.3) is 0 Å². The maximum Gasteiger partial charge on any atom is 0.242 e. The van der Waals surface area contributed by atoms with Gasteiger partial charge in [-0.15, -0.1) is 0 Å². The Kier molecular flexibility index (Phi) is 2.87. The second kappa shape index (κ2) is 4.31. The molecule has 2 aromatic rings. The number of halogens is 1. The van der Waals surface area contributed by atoms with Gasteiger partial charge in [0.1, 0.15) is 5.75 Å². The van der Waals surface area contributed by atoms with Crippen molar-refractivity contribution in [2.75, 3.05) is 5.73 Å². The van der Waals surface area contributed by atoms with E-state index in [1.807, 2.05) is 24.3 Å². The molecule has 2 rings (SSSR count). The molecule has 0 aliphatic rings. The first-order chi connectivity index (χ1) is 7.25. The first-order valence-corrected chi connectivity index (χ1v) is 5.19. The molecule has 76 valence electrons. The van der Waals surface area contributed by atoms with Gasteiger partial charge < -0.3 is 10.5 Å². The standard InChI is InChI=1S/C11H9BrN2O/c12-8-3-5-9(6-4-8)15-11-10(13)2-1-7-14-11/h1-7H,13H2. The van der Waals surface area contributed by atoms with Gasteiger partial charge in [0.2, 0.25) is 5.88 Å². The van der Waals surface area contributed by atoms with Crippen LogP contribution in [0.15, 0.2) is 47.1 Å². The van der Waals surface area contributed by atoms with Crippen molar-refractivity contribution >= 4 is 21.6 Å². The van der Waals surface area contributed by atoms with Crippen molar-refractivity contribution in [3.63, 3.8) is 0 Å². The highest BCUT2D eigenvalue weighted by atomic mass is 79.9. The molecular weight excluding hydrogens is 256 g/mol. The Labute approximate surface area is 96.0 Å². The molecule has 0 saturated carbocycles. The molecular formula is C11H9BrN2O. The first-order valence-electron chi connectivity index (χ1n) is 4.39. The zero-order valence-electron chi connectivity index (χ0n) is 7.85. The van der Waals surface area contributed by atoms with Crippen LogP contribution in [0.1, 0.15) is 0 Å². The van der Waals surface area contributed by atoms with Gasteiger partial charge in [-0.2, -0.15) is 0 Å². The van der Waals surface area contributed by atoms with Crippen LogP contribution in [0, 0.1) is 0 Å². The molecule has 0 aliphatic heterocycles. The summed E-state index contributed by atoms with van der Waals surface area (Å²) in [6, 6.07) is 11.0. The summed E-state index contributed by atoms with van der Waals surface area (Å²) in [5.41, 5.74) is 6.23. The molecule has 1 aromatic carbocycles. The van der Waals surface area contributed by atoms with E-state index < -0.39 is 0 Å². The highest BCUT2D eigenvalue weighted by Crippen LogP contribution is 2.25. The molecule has 0 unspecified atom stereocenters. The fourth-order valence-corrected chi connectivity index (χ4v) is 1.37. The van der Waals surface area contributed by atoms with Crippen LogP contribution in [-0.2, 0) is 0 Å². The first kappa shape index (κ1) is 9.98. The lowest BCUT2D eigenvalue weighted by Gasteiger charge is -2.06. The molecule has 2 N–H and O–H groups in total. The van der Waals surface area contributed by atoms with E-state index in [1.165, 1.54) is 0 Å². The lowest BCUT2D eigenvalue weighted by molar-refractivity contribution is 0.465. The highest BCUT2D eigenvalue weighted by molar-refractivity contribution is 9.10. The molecule has 1 heterocycles. The fourth-order valence-electron chi connectivity index (χ4n) is 1.10. The zero-order valence-corrected chi connectivity index (χ0v) is 9.44. The van der Waals surface area contributed by atoms with E-state index in [4.69, 9.17) is 10.5 Å². The zero-order chi connectivity index (χ0) is 10.7. The molecule has 15 heavy (non-hydrogen) atoms. The lowest BCUT2D eigenvalue weighted by Crippen LogP contribution is -1.93. The minimum Gasteiger partial charge on any atom is -0.437 e. The predicted octanol–water partition coefficient (Wildman–Crippen LogP) is 3.22. The van der Waals surface area contributed by atoms with E-state index in [0.717, 1.165) is 4.47 Å². The normalized spacial score (nSPS) is 9.93. The summed E-state index contributed by atoms with van der Waals surface area (Å²) in [6.45, 7) is 0. The molecule has 4 heteroatoms. The number of anilines is 1. The third-order valence-electron chi connectivity index (χ3n) is 1.83. The molecule has 0 radical (unpaired) electrons. The van der Waals surface area contributed by atoms with Crippen molar-refractivity contribution in [1.82, 2.24) is 4.98 Å². The monoisotopic (exact) mass is 264 g/mol. The van der Waals surface area contributed by atoms with Crippen LogP contribution in [0.4, 0.5) is 5.69 Å². The molecule has 1 aromatic heterocycles.